The standard InChI is InChI=1S/C20H23N3O3/c1-14-6-8-15(9-7-14)18(24)21-17-12-16(13-22(2)20(17)26)19(25)23-10-4-3-5-11-23/h6-9,12-13H,3-5,10-11H2,1-2H3,(H,21,24). The van der Waals surface area contributed by atoms with Crippen molar-refractivity contribution in [2.24, 2.45) is 7.05 Å². The fourth-order valence-electron chi connectivity index (χ4n) is 3.10. The van der Waals surface area contributed by atoms with Gasteiger partial charge in [0.05, 0.1) is 5.56 Å². The molecule has 1 fully saturated rings. The minimum Gasteiger partial charge on any atom is -0.339 e. The van der Waals surface area contributed by atoms with Crippen LogP contribution in [0.2, 0.25) is 0 Å². The van der Waals surface area contributed by atoms with Crippen molar-refractivity contribution >= 4 is 17.5 Å². The summed E-state index contributed by atoms with van der Waals surface area (Å²) in [6.07, 6.45) is 4.65. The molecule has 6 nitrogen and oxygen atoms in total. The Morgan fingerprint density at radius 1 is 1.00 bits per heavy atom. The molecule has 2 heterocycles. The van der Waals surface area contributed by atoms with E-state index in [9.17, 15) is 14.4 Å². The van der Waals surface area contributed by atoms with Gasteiger partial charge < -0.3 is 14.8 Å². The van der Waals surface area contributed by atoms with E-state index in [1.807, 2.05) is 19.1 Å². The number of benzene rings is 1. The van der Waals surface area contributed by atoms with Crippen LogP contribution in [0.5, 0.6) is 0 Å². The number of hydrogen-bond donors (Lipinski definition) is 1. The topological polar surface area (TPSA) is 71.4 Å². The van der Waals surface area contributed by atoms with Crippen molar-refractivity contribution in [1.82, 2.24) is 9.47 Å². The lowest BCUT2D eigenvalue weighted by molar-refractivity contribution is 0.0723. The monoisotopic (exact) mass is 353 g/mol. The van der Waals surface area contributed by atoms with Crippen molar-refractivity contribution in [3.8, 4) is 0 Å². The summed E-state index contributed by atoms with van der Waals surface area (Å²) in [7, 11) is 1.58. The molecule has 6 heteroatoms. The molecule has 2 aromatic rings. The maximum atomic E-state index is 12.7. The number of nitrogens with one attached hydrogen (secondary N) is 1. The van der Waals surface area contributed by atoms with Crippen LogP contribution in [-0.2, 0) is 7.05 Å². The fourth-order valence-corrected chi connectivity index (χ4v) is 3.10. The largest absolute Gasteiger partial charge is 0.339 e. The molecule has 2 amide bonds. The van der Waals surface area contributed by atoms with Gasteiger partial charge in [-0.3, -0.25) is 14.4 Å². The molecule has 26 heavy (non-hydrogen) atoms. The highest BCUT2D eigenvalue weighted by Gasteiger charge is 2.20. The Labute approximate surface area is 152 Å². The molecule has 0 saturated carbocycles. The van der Waals surface area contributed by atoms with Crippen LogP contribution in [0.4, 0.5) is 5.69 Å². The van der Waals surface area contributed by atoms with Gasteiger partial charge in [-0.25, -0.2) is 0 Å². The third kappa shape index (κ3) is 3.85. The summed E-state index contributed by atoms with van der Waals surface area (Å²) in [6, 6.07) is 8.56. The average Bonchev–Trinajstić information content (AvgIpc) is 2.65. The quantitative estimate of drug-likeness (QED) is 0.922. The first-order valence-corrected chi connectivity index (χ1v) is 8.83. The number of carbonyl (C=O) groups excluding carboxylic acids is 2. The number of anilines is 1. The van der Waals surface area contributed by atoms with Gasteiger partial charge in [0.15, 0.2) is 0 Å². The predicted octanol–water partition coefficient (Wildman–Crippen LogP) is 2.57. The smallest absolute Gasteiger partial charge is 0.274 e. The number of carbonyl (C=O) groups is 2. The van der Waals surface area contributed by atoms with Crippen LogP contribution in [0, 0.1) is 6.92 Å². The highest BCUT2D eigenvalue weighted by Crippen LogP contribution is 2.15. The lowest BCUT2D eigenvalue weighted by Crippen LogP contribution is -2.36. The van der Waals surface area contributed by atoms with Crippen molar-refractivity contribution in [1.29, 1.82) is 0 Å². The lowest BCUT2D eigenvalue weighted by Gasteiger charge is -2.27. The number of piperidine rings is 1. The van der Waals surface area contributed by atoms with E-state index in [1.54, 1.807) is 24.1 Å². The first-order chi connectivity index (χ1) is 12.5. The molecule has 136 valence electrons. The fraction of sp³-hybridized carbons (Fsp3) is 0.350. The Balaban J connectivity index is 1.86. The number of rotatable bonds is 3. The van der Waals surface area contributed by atoms with Crippen LogP contribution >= 0.6 is 0 Å². The van der Waals surface area contributed by atoms with E-state index in [-0.39, 0.29) is 23.1 Å². The van der Waals surface area contributed by atoms with Crippen molar-refractivity contribution < 1.29 is 9.59 Å². The predicted molar refractivity (Wildman–Crippen MR) is 101 cm³/mol. The summed E-state index contributed by atoms with van der Waals surface area (Å²) >= 11 is 0. The molecule has 0 aliphatic carbocycles. The first kappa shape index (κ1) is 17.9. The van der Waals surface area contributed by atoms with Crippen LogP contribution in [0.1, 0.15) is 45.5 Å². The number of likely N-dealkylation sites (tertiary alicyclic amines) is 1. The number of hydrogen-bond acceptors (Lipinski definition) is 3. The number of pyridine rings is 1. The molecule has 1 N–H and O–H groups in total. The SMILES string of the molecule is Cc1ccc(C(=O)Nc2cc(C(=O)N3CCCCC3)cn(C)c2=O)cc1. The Kier molecular flexibility index (Phi) is 5.21. The molecule has 1 aromatic heterocycles. The third-order valence-electron chi connectivity index (χ3n) is 4.64. The normalized spacial score (nSPS) is 14.2. The second kappa shape index (κ2) is 7.56. The van der Waals surface area contributed by atoms with Crippen molar-refractivity contribution in [2.75, 3.05) is 18.4 Å². The number of nitrogens with zero attached hydrogens (tertiary/aromatic N) is 2. The minimum atomic E-state index is -0.371. The molecule has 0 unspecified atom stereocenters. The third-order valence-corrected chi connectivity index (χ3v) is 4.64. The zero-order valence-electron chi connectivity index (χ0n) is 15.1. The summed E-state index contributed by atoms with van der Waals surface area (Å²) in [5.41, 5.74) is 1.69. The van der Waals surface area contributed by atoms with E-state index in [0.717, 1.165) is 37.9 Å². The van der Waals surface area contributed by atoms with Gasteiger partial charge in [-0.05, 0) is 44.4 Å². The van der Waals surface area contributed by atoms with Gasteiger partial charge in [-0.15, -0.1) is 0 Å². The van der Waals surface area contributed by atoms with Gasteiger partial charge in [0, 0.05) is 31.9 Å². The van der Waals surface area contributed by atoms with Gasteiger partial charge in [-0.1, -0.05) is 17.7 Å². The van der Waals surface area contributed by atoms with E-state index < -0.39 is 0 Å². The van der Waals surface area contributed by atoms with Crippen molar-refractivity contribution in [3.05, 3.63) is 63.6 Å². The Bertz CT molecular complexity index is 878. The number of aryl methyl sites for hydroxylation is 2. The lowest BCUT2D eigenvalue weighted by atomic mass is 10.1. The summed E-state index contributed by atoms with van der Waals surface area (Å²) in [4.78, 5) is 39.3. The zero-order chi connectivity index (χ0) is 18.7. The van der Waals surface area contributed by atoms with Crippen molar-refractivity contribution in [2.45, 2.75) is 26.2 Å². The van der Waals surface area contributed by atoms with Crippen LogP contribution in [0.15, 0.2) is 41.3 Å². The molecule has 3 rings (SSSR count). The molecular weight excluding hydrogens is 330 g/mol. The van der Waals surface area contributed by atoms with Gasteiger partial charge in [0.1, 0.15) is 5.69 Å². The molecule has 0 spiro atoms. The first-order valence-electron chi connectivity index (χ1n) is 8.83. The van der Waals surface area contributed by atoms with E-state index in [0.29, 0.717) is 11.1 Å². The number of aromatic nitrogens is 1. The molecule has 0 bridgehead atoms. The second-order valence-corrected chi connectivity index (χ2v) is 6.73. The van der Waals surface area contributed by atoms with Crippen molar-refractivity contribution in [3.63, 3.8) is 0 Å². The summed E-state index contributed by atoms with van der Waals surface area (Å²) in [5.74, 6) is -0.476. The minimum absolute atomic E-state index is 0.105. The number of amides is 2. The zero-order valence-corrected chi connectivity index (χ0v) is 15.1. The summed E-state index contributed by atoms with van der Waals surface area (Å²) < 4.78 is 1.34. The highest BCUT2D eigenvalue weighted by molar-refractivity contribution is 6.05. The molecule has 1 saturated heterocycles. The maximum absolute atomic E-state index is 12.7. The van der Waals surface area contributed by atoms with E-state index >= 15 is 0 Å². The van der Waals surface area contributed by atoms with E-state index in [2.05, 4.69) is 5.32 Å². The van der Waals surface area contributed by atoms with Crippen LogP contribution < -0.4 is 10.9 Å². The maximum Gasteiger partial charge on any atom is 0.274 e. The molecular formula is C20H23N3O3. The van der Waals surface area contributed by atoms with E-state index in [1.165, 1.54) is 16.8 Å². The Morgan fingerprint density at radius 2 is 1.65 bits per heavy atom. The Morgan fingerprint density at radius 3 is 2.31 bits per heavy atom. The second-order valence-electron chi connectivity index (χ2n) is 6.73. The van der Waals surface area contributed by atoms with Gasteiger partial charge in [0.25, 0.3) is 17.4 Å². The van der Waals surface area contributed by atoms with Gasteiger partial charge in [-0.2, -0.15) is 0 Å². The molecule has 1 aliphatic rings. The average molecular weight is 353 g/mol. The molecule has 1 aliphatic heterocycles. The Hall–Kier alpha value is -2.89. The summed E-state index contributed by atoms with van der Waals surface area (Å²) in [6.45, 7) is 3.40. The van der Waals surface area contributed by atoms with Gasteiger partial charge >= 0.3 is 0 Å². The molecule has 0 atom stereocenters. The molecule has 1 aromatic carbocycles. The molecule has 0 radical (unpaired) electrons. The summed E-state index contributed by atoms with van der Waals surface area (Å²) in [5, 5.41) is 2.64. The van der Waals surface area contributed by atoms with Crippen LogP contribution in [0.3, 0.4) is 0 Å². The van der Waals surface area contributed by atoms with E-state index in [4.69, 9.17) is 0 Å². The highest BCUT2D eigenvalue weighted by atomic mass is 16.2. The van der Waals surface area contributed by atoms with Crippen LogP contribution in [0.25, 0.3) is 0 Å². The van der Waals surface area contributed by atoms with Gasteiger partial charge in [0.2, 0.25) is 0 Å². The van der Waals surface area contributed by atoms with Crippen LogP contribution in [-0.4, -0.2) is 34.4 Å².